The van der Waals surface area contributed by atoms with E-state index in [1.165, 1.54) is 42.7 Å². The van der Waals surface area contributed by atoms with Gasteiger partial charge in [-0.2, -0.15) is 9.57 Å². The number of nitriles is 1. The highest BCUT2D eigenvalue weighted by Gasteiger charge is 2.21. The zero-order chi connectivity index (χ0) is 17.7. The molecule has 124 valence electrons. The molecule has 0 atom stereocenters. The lowest BCUT2D eigenvalue weighted by atomic mass is 10.1. The van der Waals surface area contributed by atoms with Crippen molar-refractivity contribution in [2.45, 2.75) is 11.4 Å². The average molecular weight is 344 g/mol. The number of rotatable bonds is 5. The Kier molecular flexibility index (Phi) is 5.34. The quantitative estimate of drug-likeness (QED) is 0.776. The van der Waals surface area contributed by atoms with Crippen molar-refractivity contribution in [1.29, 1.82) is 5.26 Å². The van der Waals surface area contributed by atoms with E-state index in [1.807, 2.05) is 6.07 Å². The van der Waals surface area contributed by atoms with Gasteiger partial charge in [0.15, 0.2) is 0 Å². The molecule has 0 bridgehead atoms. The summed E-state index contributed by atoms with van der Waals surface area (Å²) in [7, 11) is -0.887. The number of hydrogen-bond donors (Lipinski definition) is 0. The first-order valence-electron chi connectivity index (χ1n) is 7.02. The highest BCUT2D eigenvalue weighted by Crippen LogP contribution is 2.17. The Hall–Kier alpha value is -2.69. The van der Waals surface area contributed by atoms with Crippen molar-refractivity contribution in [3.8, 4) is 6.07 Å². The first-order chi connectivity index (χ1) is 11.4. The molecule has 0 N–H and O–H groups in total. The van der Waals surface area contributed by atoms with Crippen molar-refractivity contribution in [2.24, 2.45) is 0 Å². The summed E-state index contributed by atoms with van der Waals surface area (Å²) in [6.45, 7) is 0.157. The lowest BCUT2D eigenvalue weighted by molar-refractivity contribution is 0.0600. The van der Waals surface area contributed by atoms with Gasteiger partial charge in [0.2, 0.25) is 10.0 Å². The largest absolute Gasteiger partial charge is 0.465 e. The molecule has 0 heterocycles. The van der Waals surface area contributed by atoms with Crippen molar-refractivity contribution < 1.29 is 17.9 Å². The monoisotopic (exact) mass is 344 g/mol. The van der Waals surface area contributed by atoms with Gasteiger partial charge in [0, 0.05) is 13.6 Å². The number of benzene rings is 2. The maximum Gasteiger partial charge on any atom is 0.337 e. The summed E-state index contributed by atoms with van der Waals surface area (Å²) in [5.74, 6) is -0.444. The molecule has 0 spiro atoms. The van der Waals surface area contributed by atoms with Crippen molar-refractivity contribution in [3.63, 3.8) is 0 Å². The second kappa shape index (κ2) is 7.25. The topological polar surface area (TPSA) is 87.5 Å². The molecule has 2 aromatic carbocycles. The van der Waals surface area contributed by atoms with Crippen molar-refractivity contribution in [1.82, 2.24) is 4.31 Å². The standard InChI is InChI=1S/C17H16N2O4S/c1-19(12-14-3-7-15(8-4-14)17(20)23-2)24(21,22)16-9-5-13(11-18)6-10-16/h3-10H,12H2,1-2H3. The van der Waals surface area contributed by atoms with Crippen molar-refractivity contribution in [3.05, 3.63) is 65.2 Å². The molecule has 24 heavy (non-hydrogen) atoms. The third-order valence-corrected chi connectivity index (χ3v) is 5.29. The fraction of sp³-hybridized carbons (Fsp3) is 0.176. The van der Waals surface area contributed by atoms with Gasteiger partial charge in [0.1, 0.15) is 0 Å². The molecule has 0 aromatic heterocycles. The van der Waals surface area contributed by atoms with Gasteiger partial charge in [0.25, 0.3) is 0 Å². The van der Waals surface area contributed by atoms with Crippen LogP contribution in [0.4, 0.5) is 0 Å². The van der Waals surface area contributed by atoms with E-state index in [0.29, 0.717) is 11.1 Å². The van der Waals surface area contributed by atoms with E-state index >= 15 is 0 Å². The molecule has 0 aliphatic heterocycles. The summed E-state index contributed by atoms with van der Waals surface area (Å²) in [5.41, 5.74) is 1.54. The van der Waals surface area contributed by atoms with Crippen LogP contribution in [0.5, 0.6) is 0 Å². The van der Waals surface area contributed by atoms with Crippen LogP contribution in [0.1, 0.15) is 21.5 Å². The summed E-state index contributed by atoms with van der Waals surface area (Å²) in [6.07, 6.45) is 0. The zero-order valence-electron chi connectivity index (χ0n) is 13.3. The van der Waals surface area contributed by atoms with Crippen LogP contribution in [0.25, 0.3) is 0 Å². The van der Waals surface area contributed by atoms with Gasteiger partial charge < -0.3 is 4.74 Å². The summed E-state index contributed by atoms with van der Waals surface area (Å²) >= 11 is 0. The minimum absolute atomic E-state index is 0.121. The van der Waals surface area contributed by atoms with Crippen LogP contribution in [0, 0.1) is 11.3 Å². The molecule has 0 fully saturated rings. The molecule has 2 aromatic rings. The Balaban J connectivity index is 2.16. The molecule has 2 rings (SSSR count). The smallest absolute Gasteiger partial charge is 0.337 e. The molecule has 0 saturated heterocycles. The van der Waals surface area contributed by atoms with Gasteiger partial charge >= 0.3 is 5.97 Å². The highest BCUT2D eigenvalue weighted by molar-refractivity contribution is 7.89. The van der Waals surface area contributed by atoms with E-state index in [-0.39, 0.29) is 11.4 Å². The summed E-state index contributed by atoms with van der Waals surface area (Å²) in [5, 5.41) is 8.77. The third kappa shape index (κ3) is 3.79. The molecule has 0 aliphatic rings. The molecule has 0 radical (unpaired) electrons. The number of esters is 1. The van der Waals surface area contributed by atoms with Crippen LogP contribution in [0.3, 0.4) is 0 Å². The number of nitrogens with zero attached hydrogens (tertiary/aromatic N) is 2. The number of ether oxygens (including phenoxy) is 1. The van der Waals surface area contributed by atoms with Crippen LogP contribution < -0.4 is 0 Å². The van der Waals surface area contributed by atoms with Gasteiger partial charge in [-0.25, -0.2) is 13.2 Å². The van der Waals surface area contributed by atoms with E-state index < -0.39 is 16.0 Å². The van der Waals surface area contributed by atoms with E-state index in [2.05, 4.69) is 4.74 Å². The van der Waals surface area contributed by atoms with Gasteiger partial charge in [0.05, 0.1) is 29.2 Å². The fourth-order valence-corrected chi connectivity index (χ4v) is 3.25. The maximum atomic E-state index is 12.5. The Labute approximate surface area is 141 Å². The summed E-state index contributed by atoms with van der Waals surface area (Å²) in [6, 6.07) is 14.2. The molecule has 7 heteroatoms. The van der Waals surface area contributed by atoms with Gasteiger partial charge in [-0.1, -0.05) is 12.1 Å². The minimum Gasteiger partial charge on any atom is -0.465 e. The number of methoxy groups -OCH3 is 1. The van der Waals surface area contributed by atoms with Crippen LogP contribution in [0.2, 0.25) is 0 Å². The predicted octanol–water partition coefficient (Wildman–Crippen LogP) is 2.17. The molecule has 0 aliphatic carbocycles. The van der Waals surface area contributed by atoms with Gasteiger partial charge in [-0.05, 0) is 42.0 Å². The maximum absolute atomic E-state index is 12.5. The zero-order valence-corrected chi connectivity index (χ0v) is 14.1. The fourth-order valence-electron chi connectivity index (χ4n) is 2.09. The van der Waals surface area contributed by atoms with E-state index in [0.717, 1.165) is 5.56 Å². The molecule has 0 unspecified atom stereocenters. The predicted molar refractivity (Wildman–Crippen MR) is 87.6 cm³/mol. The molecular weight excluding hydrogens is 328 g/mol. The number of carbonyl (C=O) groups is 1. The number of sulfonamides is 1. The van der Waals surface area contributed by atoms with Crippen LogP contribution in [-0.4, -0.2) is 32.8 Å². The molecule has 6 nitrogen and oxygen atoms in total. The Bertz CT molecular complexity index is 866. The van der Waals surface area contributed by atoms with Crippen LogP contribution in [-0.2, 0) is 21.3 Å². The highest BCUT2D eigenvalue weighted by atomic mass is 32.2. The van der Waals surface area contributed by atoms with Crippen LogP contribution in [0.15, 0.2) is 53.4 Å². The lowest BCUT2D eigenvalue weighted by Crippen LogP contribution is -2.26. The normalized spacial score (nSPS) is 11.1. The van der Waals surface area contributed by atoms with Crippen molar-refractivity contribution in [2.75, 3.05) is 14.2 Å². The molecule has 0 saturated carbocycles. The summed E-state index contributed by atoms with van der Waals surface area (Å²) in [4.78, 5) is 11.5. The lowest BCUT2D eigenvalue weighted by Gasteiger charge is -2.17. The van der Waals surface area contributed by atoms with E-state index in [4.69, 9.17) is 5.26 Å². The molecular formula is C17H16N2O4S. The Morgan fingerprint density at radius 1 is 1.12 bits per heavy atom. The van der Waals surface area contributed by atoms with E-state index in [9.17, 15) is 13.2 Å². The SMILES string of the molecule is COC(=O)c1ccc(CN(C)S(=O)(=O)c2ccc(C#N)cc2)cc1. The van der Waals surface area contributed by atoms with Crippen molar-refractivity contribution >= 4 is 16.0 Å². The first-order valence-corrected chi connectivity index (χ1v) is 8.46. The van der Waals surface area contributed by atoms with Gasteiger partial charge in [-0.3, -0.25) is 0 Å². The number of carbonyl (C=O) groups excluding carboxylic acids is 1. The molecule has 0 amide bonds. The van der Waals surface area contributed by atoms with E-state index in [1.54, 1.807) is 24.3 Å². The average Bonchev–Trinajstić information content (AvgIpc) is 2.61. The van der Waals surface area contributed by atoms with Gasteiger partial charge in [-0.15, -0.1) is 0 Å². The second-order valence-electron chi connectivity index (χ2n) is 5.09. The minimum atomic E-state index is -3.66. The number of hydrogen-bond acceptors (Lipinski definition) is 5. The van der Waals surface area contributed by atoms with Crippen LogP contribution >= 0.6 is 0 Å². The first kappa shape index (κ1) is 17.7. The second-order valence-corrected chi connectivity index (χ2v) is 7.13. The third-order valence-electron chi connectivity index (χ3n) is 3.47. The summed E-state index contributed by atoms with van der Waals surface area (Å²) < 4.78 is 30.9. The Morgan fingerprint density at radius 2 is 1.71 bits per heavy atom. The Morgan fingerprint density at radius 3 is 2.21 bits per heavy atom.